The maximum atomic E-state index is 9.65. The van der Waals surface area contributed by atoms with E-state index in [0.29, 0.717) is 11.5 Å². The molecule has 2 atom stereocenters. The van der Waals surface area contributed by atoms with Crippen molar-refractivity contribution in [3.63, 3.8) is 0 Å². The third-order valence-corrected chi connectivity index (χ3v) is 1.97. The Balaban J connectivity index is 2.16. The van der Waals surface area contributed by atoms with Crippen LogP contribution in [0.2, 0.25) is 0 Å². The van der Waals surface area contributed by atoms with E-state index in [4.69, 9.17) is 8.83 Å². The van der Waals surface area contributed by atoms with Crippen LogP contribution in [0.1, 0.15) is 23.7 Å². The highest BCUT2D eigenvalue weighted by molar-refractivity contribution is 5.10. The molecule has 0 saturated heterocycles. The largest absolute Gasteiger partial charge is 0.466 e. The van der Waals surface area contributed by atoms with E-state index in [1.54, 1.807) is 24.3 Å². The Morgan fingerprint density at radius 1 is 0.857 bits per heavy atom. The standard InChI is InChI=1S/C10H10O4/c11-9(7-3-1-5-13-7)10(12)8-4-2-6-14-8/h1-6,9-12H. The Hall–Kier alpha value is -1.52. The van der Waals surface area contributed by atoms with Crippen molar-refractivity contribution in [2.24, 2.45) is 0 Å². The smallest absolute Gasteiger partial charge is 0.145 e. The summed E-state index contributed by atoms with van der Waals surface area (Å²) in [5.41, 5.74) is 0. The fourth-order valence-electron chi connectivity index (χ4n) is 1.23. The van der Waals surface area contributed by atoms with Crippen molar-refractivity contribution in [2.75, 3.05) is 0 Å². The fourth-order valence-corrected chi connectivity index (χ4v) is 1.23. The van der Waals surface area contributed by atoms with Crippen molar-refractivity contribution >= 4 is 0 Å². The second-order valence-electron chi connectivity index (χ2n) is 2.92. The summed E-state index contributed by atoms with van der Waals surface area (Å²) >= 11 is 0. The summed E-state index contributed by atoms with van der Waals surface area (Å²) in [6.45, 7) is 0. The van der Waals surface area contributed by atoms with Gasteiger partial charge in [0.15, 0.2) is 0 Å². The van der Waals surface area contributed by atoms with Crippen molar-refractivity contribution in [2.45, 2.75) is 12.2 Å². The second kappa shape index (κ2) is 3.69. The molecule has 0 spiro atoms. The topological polar surface area (TPSA) is 66.7 Å². The van der Waals surface area contributed by atoms with Crippen LogP contribution in [0.3, 0.4) is 0 Å². The minimum Gasteiger partial charge on any atom is -0.466 e. The molecule has 0 saturated carbocycles. The summed E-state index contributed by atoms with van der Waals surface area (Å²) < 4.78 is 9.93. The molecule has 2 rings (SSSR count). The predicted octanol–water partition coefficient (Wildman–Crippen LogP) is 1.64. The van der Waals surface area contributed by atoms with Crippen LogP contribution in [-0.4, -0.2) is 10.2 Å². The van der Waals surface area contributed by atoms with Gasteiger partial charge in [-0.2, -0.15) is 0 Å². The molecule has 0 fully saturated rings. The number of furan rings is 2. The van der Waals surface area contributed by atoms with E-state index >= 15 is 0 Å². The zero-order valence-electron chi connectivity index (χ0n) is 7.33. The fraction of sp³-hybridized carbons (Fsp3) is 0.200. The monoisotopic (exact) mass is 194 g/mol. The number of aliphatic hydroxyl groups excluding tert-OH is 2. The molecule has 2 N–H and O–H groups in total. The normalized spacial score (nSPS) is 15.3. The van der Waals surface area contributed by atoms with Crippen LogP contribution >= 0.6 is 0 Å². The SMILES string of the molecule is OC(c1ccco1)C(O)c1ccco1. The van der Waals surface area contributed by atoms with Crippen LogP contribution in [0.4, 0.5) is 0 Å². The molecule has 4 nitrogen and oxygen atoms in total. The summed E-state index contributed by atoms with van der Waals surface area (Å²) in [5, 5.41) is 19.3. The molecule has 0 aliphatic carbocycles. The van der Waals surface area contributed by atoms with Gasteiger partial charge in [0.25, 0.3) is 0 Å². The summed E-state index contributed by atoms with van der Waals surface area (Å²) in [6.07, 6.45) is 0.674. The molecule has 2 aromatic heterocycles. The molecule has 2 aromatic rings. The van der Waals surface area contributed by atoms with Crippen molar-refractivity contribution < 1.29 is 19.0 Å². The lowest BCUT2D eigenvalue weighted by molar-refractivity contribution is -0.00787. The average molecular weight is 194 g/mol. The van der Waals surface area contributed by atoms with E-state index in [9.17, 15) is 10.2 Å². The highest BCUT2D eigenvalue weighted by atomic mass is 16.4. The minimum absolute atomic E-state index is 0.314. The van der Waals surface area contributed by atoms with Crippen LogP contribution in [0.25, 0.3) is 0 Å². The first-order valence-electron chi connectivity index (χ1n) is 4.22. The van der Waals surface area contributed by atoms with Crippen LogP contribution in [0.15, 0.2) is 45.6 Å². The summed E-state index contributed by atoms with van der Waals surface area (Å²) in [6, 6.07) is 6.48. The lowest BCUT2D eigenvalue weighted by atomic mass is 10.1. The number of hydrogen-bond donors (Lipinski definition) is 2. The number of rotatable bonds is 3. The molecule has 0 aromatic carbocycles. The molecule has 4 heteroatoms. The summed E-state index contributed by atoms with van der Waals surface area (Å²) in [7, 11) is 0. The summed E-state index contributed by atoms with van der Waals surface area (Å²) in [4.78, 5) is 0. The van der Waals surface area contributed by atoms with Gasteiger partial charge in [0, 0.05) is 0 Å². The van der Waals surface area contributed by atoms with E-state index in [2.05, 4.69) is 0 Å². The minimum atomic E-state index is -1.10. The van der Waals surface area contributed by atoms with Crippen LogP contribution in [-0.2, 0) is 0 Å². The van der Waals surface area contributed by atoms with Gasteiger partial charge >= 0.3 is 0 Å². The first kappa shape index (κ1) is 9.05. The van der Waals surface area contributed by atoms with Gasteiger partial charge in [-0.15, -0.1) is 0 Å². The molecule has 14 heavy (non-hydrogen) atoms. The molecular formula is C10H10O4. The van der Waals surface area contributed by atoms with Crippen molar-refractivity contribution in [1.82, 2.24) is 0 Å². The molecule has 0 radical (unpaired) electrons. The van der Waals surface area contributed by atoms with E-state index in [1.165, 1.54) is 12.5 Å². The zero-order chi connectivity index (χ0) is 9.97. The van der Waals surface area contributed by atoms with E-state index in [-0.39, 0.29) is 0 Å². The van der Waals surface area contributed by atoms with Crippen LogP contribution in [0, 0.1) is 0 Å². The second-order valence-corrected chi connectivity index (χ2v) is 2.92. The first-order chi connectivity index (χ1) is 6.79. The van der Waals surface area contributed by atoms with Gasteiger partial charge in [-0.05, 0) is 24.3 Å². The molecule has 2 unspecified atom stereocenters. The van der Waals surface area contributed by atoms with Gasteiger partial charge in [0.05, 0.1) is 12.5 Å². The first-order valence-corrected chi connectivity index (χ1v) is 4.22. The van der Waals surface area contributed by atoms with Crippen LogP contribution in [0.5, 0.6) is 0 Å². The van der Waals surface area contributed by atoms with Gasteiger partial charge in [0.1, 0.15) is 23.7 Å². The third-order valence-electron chi connectivity index (χ3n) is 1.97. The van der Waals surface area contributed by atoms with Gasteiger partial charge in [0.2, 0.25) is 0 Å². The molecule has 2 heterocycles. The molecular weight excluding hydrogens is 184 g/mol. The molecule has 0 aliphatic heterocycles. The number of hydrogen-bond acceptors (Lipinski definition) is 4. The highest BCUT2D eigenvalue weighted by Gasteiger charge is 2.24. The van der Waals surface area contributed by atoms with Gasteiger partial charge in [-0.1, -0.05) is 0 Å². The molecule has 74 valence electrons. The van der Waals surface area contributed by atoms with Gasteiger partial charge < -0.3 is 19.0 Å². The summed E-state index contributed by atoms with van der Waals surface area (Å²) in [5.74, 6) is 0.628. The Bertz CT molecular complexity index is 324. The number of aliphatic hydroxyl groups is 2. The Kier molecular flexibility index (Phi) is 2.39. The van der Waals surface area contributed by atoms with Crippen molar-refractivity contribution in [3.05, 3.63) is 48.3 Å². The highest BCUT2D eigenvalue weighted by Crippen LogP contribution is 2.28. The third kappa shape index (κ3) is 1.57. The maximum absolute atomic E-state index is 9.65. The average Bonchev–Trinajstić information content (AvgIpc) is 2.87. The van der Waals surface area contributed by atoms with Crippen molar-refractivity contribution in [3.8, 4) is 0 Å². The van der Waals surface area contributed by atoms with Crippen molar-refractivity contribution in [1.29, 1.82) is 0 Å². The van der Waals surface area contributed by atoms with Gasteiger partial charge in [-0.3, -0.25) is 0 Å². The quantitative estimate of drug-likeness (QED) is 0.779. The molecule has 0 bridgehead atoms. The van der Waals surface area contributed by atoms with E-state index in [1.807, 2.05) is 0 Å². The Morgan fingerprint density at radius 3 is 1.57 bits per heavy atom. The van der Waals surface area contributed by atoms with E-state index < -0.39 is 12.2 Å². The maximum Gasteiger partial charge on any atom is 0.145 e. The molecule has 0 aliphatic rings. The lowest BCUT2D eigenvalue weighted by Gasteiger charge is -2.12. The Labute approximate surface area is 80.4 Å². The Morgan fingerprint density at radius 2 is 1.29 bits per heavy atom. The lowest BCUT2D eigenvalue weighted by Crippen LogP contribution is -2.08. The van der Waals surface area contributed by atoms with Gasteiger partial charge in [-0.25, -0.2) is 0 Å². The van der Waals surface area contributed by atoms with E-state index in [0.717, 1.165) is 0 Å². The predicted molar refractivity (Wildman–Crippen MR) is 47.3 cm³/mol. The zero-order valence-corrected chi connectivity index (χ0v) is 7.33. The van der Waals surface area contributed by atoms with Crippen LogP contribution < -0.4 is 0 Å². The molecule has 0 amide bonds.